The van der Waals surface area contributed by atoms with E-state index < -0.39 is 11.9 Å². The van der Waals surface area contributed by atoms with Crippen molar-refractivity contribution >= 4 is 27.5 Å². The van der Waals surface area contributed by atoms with Crippen LogP contribution < -0.4 is 4.74 Å². The fourth-order valence-corrected chi connectivity index (χ4v) is 2.41. The van der Waals surface area contributed by atoms with E-state index in [4.69, 9.17) is 16.3 Å². The topological polar surface area (TPSA) is 29.5 Å². The average Bonchev–Trinajstić information content (AvgIpc) is 2.40. The van der Waals surface area contributed by atoms with Gasteiger partial charge in [-0.3, -0.25) is 0 Å². The minimum absolute atomic E-state index is 0.302. The molecule has 0 aliphatic heterocycles. The lowest BCUT2D eigenvalue weighted by atomic mass is 10.0. The Bertz CT molecular complexity index is 604. The van der Waals surface area contributed by atoms with Gasteiger partial charge in [0.1, 0.15) is 17.7 Å². The molecule has 2 aromatic carbocycles. The molecule has 19 heavy (non-hydrogen) atoms. The van der Waals surface area contributed by atoms with Crippen molar-refractivity contribution in [1.82, 2.24) is 0 Å². The molecule has 0 aromatic heterocycles. The smallest absolute Gasteiger partial charge is 0.125 e. The SMILES string of the molecule is COc1ccc(Br)cc1C(O)c1cc(F)ccc1Cl. The van der Waals surface area contributed by atoms with Gasteiger partial charge in [-0.1, -0.05) is 27.5 Å². The Morgan fingerprint density at radius 2 is 1.95 bits per heavy atom. The van der Waals surface area contributed by atoms with Crippen LogP contribution in [0.5, 0.6) is 5.75 Å². The normalized spacial score (nSPS) is 12.3. The molecule has 0 radical (unpaired) electrons. The molecule has 0 bridgehead atoms. The zero-order valence-electron chi connectivity index (χ0n) is 10.0. The van der Waals surface area contributed by atoms with Gasteiger partial charge in [-0.25, -0.2) is 4.39 Å². The fraction of sp³-hybridized carbons (Fsp3) is 0.143. The Morgan fingerprint density at radius 1 is 1.21 bits per heavy atom. The minimum Gasteiger partial charge on any atom is -0.496 e. The molecule has 0 spiro atoms. The van der Waals surface area contributed by atoms with Crippen LogP contribution in [0.2, 0.25) is 5.02 Å². The van der Waals surface area contributed by atoms with Crippen LogP contribution in [0.25, 0.3) is 0 Å². The first-order valence-corrected chi connectivity index (χ1v) is 6.66. The van der Waals surface area contributed by atoms with Crippen LogP contribution in [0.15, 0.2) is 40.9 Å². The summed E-state index contributed by atoms with van der Waals surface area (Å²) in [5.41, 5.74) is 0.822. The van der Waals surface area contributed by atoms with E-state index >= 15 is 0 Å². The van der Waals surface area contributed by atoms with E-state index in [1.165, 1.54) is 25.3 Å². The first kappa shape index (κ1) is 14.3. The average molecular weight is 346 g/mol. The lowest BCUT2D eigenvalue weighted by Crippen LogP contribution is -2.04. The van der Waals surface area contributed by atoms with E-state index in [0.29, 0.717) is 21.9 Å². The molecular formula is C14H11BrClFO2. The summed E-state index contributed by atoms with van der Waals surface area (Å²) in [4.78, 5) is 0. The molecule has 2 nitrogen and oxygen atoms in total. The molecule has 5 heteroatoms. The monoisotopic (exact) mass is 344 g/mol. The first-order valence-electron chi connectivity index (χ1n) is 5.49. The molecule has 0 saturated heterocycles. The van der Waals surface area contributed by atoms with Crippen LogP contribution in [-0.4, -0.2) is 12.2 Å². The zero-order chi connectivity index (χ0) is 14.0. The summed E-state index contributed by atoms with van der Waals surface area (Å²) in [6, 6.07) is 9.10. The van der Waals surface area contributed by atoms with Gasteiger partial charge in [-0.15, -0.1) is 0 Å². The number of hydrogen-bond acceptors (Lipinski definition) is 2. The molecule has 100 valence electrons. The third-order valence-electron chi connectivity index (χ3n) is 2.74. The van der Waals surface area contributed by atoms with Crippen LogP contribution in [0.4, 0.5) is 4.39 Å². The highest BCUT2D eigenvalue weighted by atomic mass is 79.9. The maximum absolute atomic E-state index is 13.3. The molecule has 0 fully saturated rings. The third kappa shape index (κ3) is 3.08. The molecule has 0 aliphatic rings. The summed E-state index contributed by atoms with van der Waals surface area (Å²) in [5.74, 6) is 0.0587. The van der Waals surface area contributed by atoms with Crippen molar-refractivity contribution in [3.63, 3.8) is 0 Å². The second-order valence-electron chi connectivity index (χ2n) is 3.95. The largest absolute Gasteiger partial charge is 0.496 e. The highest BCUT2D eigenvalue weighted by molar-refractivity contribution is 9.10. The summed E-state index contributed by atoms with van der Waals surface area (Å²) in [6.07, 6.45) is -1.06. The fourth-order valence-electron chi connectivity index (χ4n) is 1.81. The highest BCUT2D eigenvalue weighted by Gasteiger charge is 2.19. The number of ether oxygens (including phenoxy) is 1. The van der Waals surface area contributed by atoms with Crippen molar-refractivity contribution in [1.29, 1.82) is 0 Å². The summed E-state index contributed by atoms with van der Waals surface area (Å²) in [5, 5.41) is 10.7. The second kappa shape index (κ2) is 5.90. The Hall–Kier alpha value is -1.10. The Kier molecular flexibility index (Phi) is 4.45. The van der Waals surface area contributed by atoms with Crippen LogP contribution in [0.1, 0.15) is 17.2 Å². The van der Waals surface area contributed by atoms with E-state index in [2.05, 4.69) is 15.9 Å². The van der Waals surface area contributed by atoms with Crippen LogP contribution in [-0.2, 0) is 0 Å². The van der Waals surface area contributed by atoms with Crippen molar-refractivity contribution in [2.24, 2.45) is 0 Å². The molecule has 2 rings (SSSR count). The molecule has 0 amide bonds. The van der Waals surface area contributed by atoms with E-state index in [1.807, 2.05) is 0 Å². The van der Waals surface area contributed by atoms with E-state index in [0.717, 1.165) is 4.47 Å². The Balaban J connectivity index is 2.51. The molecule has 1 atom stereocenters. The molecule has 2 aromatic rings. The lowest BCUT2D eigenvalue weighted by Gasteiger charge is -2.16. The summed E-state index contributed by atoms with van der Waals surface area (Å²) < 4.78 is 19.3. The van der Waals surface area contributed by atoms with Gasteiger partial charge in [-0.2, -0.15) is 0 Å². The second-order valence-corrected chi connectivity index (χ2v) is 5.28. The molecular weight excluding hydrogens is 335 g/mol. The number of halogens is 3. The van der Waals surface area contributed by atoms with Gasteiger partial charge < -0.3 is 9.84 Å². The van der Waals surface area contributed by atoms with Gasteiger partial charge in [0.2, 0.25) is 0 Å². The first-order chi connectivity index (χ1) is 9.02. The predicted octanol–water partition coefficient (Wildman–Crippen LogP) is 4.33. The zero-order valence-corrected chi connectivity index (χ0v) is 12.4. The minimum atomic E-state index is -1.06. The Labute approximate surface area is 123 Å². The molecule has 1 N–H and O–H groups in total. The van der Waals surface area contributed by atoms with Gasteiger partial charge in [-0.05, 0) is 36.4 Å². The number of benzene rings is 2. The van der Waals surface area contributed by atoms with Crippen molar-refractivity contribution in [2.75, 3.05) is 7.11 Å². The van der Waals surface area contributed by atoms with Gasteiger partial charge in [0.25, 0.3) is 0 Å². The molecule has 1 unspecified atom stereocenters. The van der Waals surface area contributed by atoms with Crippen molar-refractivity contribution in [3.05, 3.63) is 62.8 Å². The number of aliphatic hydroxyl groups excluding tert-OH is 1. The van der Waals surface area contributed by atoms with Gasteiger partial charge >= 0.3 is 0 Å². The standard InChI is InChI=1S/C14H11BrClFO2/c1-19-13-5-2-8(15)6-11(13)14(18)10-7-9(17)3-4-12(10)16/h2-7,14,18H,1H3. The van der Waals surface area contributed by atoms with Crippen LogP contribution in [0, 0.1) is 5.82 Å². The number of methoxy groups -OCH3 is 1. The van der Waals surface area contributed by atoms with Gasteiger partial charge in [0.15, 0.2) is 0 Å². The third-order valence-corrected chi connectivity index (χ3v) is 3.58. The van der Waals surface area contributed by atoms with E-state index in [9.17, 15) is 9.50 Å². The number of aliphatic hydroxyl groups is 1. The molecule has 0 aliphatic carbocycles. The van der Waals surface area contributed by atoms with Crippen LogP contribution in [0.3, 0.4) is 0 Å². The predicted molar refractivity (Wildman–Crippen MR) is 76.2 cm³/mol. The van der Waals surface area contributed by atoms with Gasteiger partial charge in [0.05, 0.1) is 7.11 Å². The van der Waals surface area contributed by atoms with Crippen LogP contribution >= 0.6 is 27.5 Å². The molecule has 0 saturated carbocycles. The van der Waals surface area contributed by atoms with Gasteiger partial charge in [0, 0.05) is 20.6 Å². The number of rotatable bonds is 3. The maximum Gasteiger partial charge on any atom is 0.125 e. The van der Waals surface area contributed by atoms with Crippen molar-refractivity contribution < 1.29 is 14.2 Å². The van der Waals surface area contributed by atoms with E-state index in [1.54, 1.807) is 18.2 Å². The number of hydrogen-bond donors (Lipinski definition) is 1. The maximum atomic E-state index is 13.3. The lowest BCUT2D eigenvalue weighted by molar-refractivity contribution is 0.214. The van der Waals surface area contributed by atoms with Crippen molar-refractivity contribution in [3.8, 4) is 5.75 Å². The van der Waals surface area contributed by atoms with Crippen molar-refractivity contribution in [2.45, 2.75) is 6.10 Å². The highest BCUT2D eigenvalue weighted by Crippen LogP contribution is 2.35. The Morgan fingerprint density at radius 3 is 2.63 bits per heavy atom. The summed E-state index contributed by atoms with van der Waals surface area (Å²) >= 11 is 9.32. The molecule has 0 heterocycles. The quantitative estimate of drug-likeness (QED) is 0.897. The summed E-state index contributed by atoms with van der Waals surface area (Å²) in [6.45, 7) is 0. The summed E-state index contributed by atoms with van der Waals surface area (Å²) in [7, 11) is 1.51. The van der Waals surface area contributed by atoms with E-state index in [-0.39, 0.29) is 0 Å².